The SMILES string of the molecule is CCN1CCCN(c2sc(S(C)(=O)=O)cc2[N+](=O)[O-])CC1. The first kappa shape index (κ1) is 16.2. The Hall–Kier alpha value is -1.19. The van der Waals surface area contributed by atoms with Crippen molar-refractivity contribution in [1.29, 1.82) is 0 Å². The molecule has 0 spiro atoms. The molecule has 1 aromatic rings. The van der Waals surface area contributed by atoms with Crippen molar-refractivity contribution in [3.05, 3.63) is 16.2 Å². The largest absolute Gasteiger partial charge is 0.356 e. The molecule has 9 heteroatoms. The molecular formula is C12H19N3O4S2. The van der Waals surface area contributed by atoms with Crippen molar-refractivity contribution < 1.29 is 13.3 Å². The predicted molar refractivity (Wildman–Crippen MR) is 83.0 cm³/mol. The molecule has 0 atom stereocenters. The zero-order chi connectivity index (χ0) is 15.6. The van der Waals surface area contributed by atoms with E-state index in [9.17, 15) is 18.5 Å². The molecule has 0 aliphatic carbocycles. The highest BCUT2D eigenvalue weighted by Gasteiger charge is 2.28. The van der Waals surface area contributed by atoms with Gasteiger partial charge in [0.15, 0.2) is 14.8 Å². The number of rotatable bonds is 4. The summed E-state index contributed by atoms with van der Waals surface area (Å²) in [4.78, 5) is 14.9. The van der Waals surface area contributed by atoms with Crippen LogP contribution >= 0.6 is 11.3 Å². The average Bonchev–Trinajstić information content (AvgIpc) is 2.72. The summed E-state index contributed by atoms with van der Waals surface area (Å²) in [7, 11) is -3.42. The first-order valence-corrected chi connectivity index (χ1v) is 9.49. The van der Waals surface area contributed by atoms with Crippen LogP contribution in [0.15, 0.2) is 10.3 Å². The Morgan fingerprint density at radius 3 is 2.62 bits per heavy atom. The molecule has 2 heterocycles. The van der Waals surface area contributed by atoms with E-state index in [0.717, 1.165) is 43.6 Å². The quantitative estimate of drug-likeness (QED) is 0.614. The van der Waals surface area contributed by atoms with Crippen LogP contribution in [-0.4, -0.2) is 57.2 Å². The van der Waals surface area contributed by atoms with Crippen LogP contribution < -0.4 is 4.90 Å². The highest BCUT2D eigenvalue weighted by atomic mass is 32.2. The van der Waals surface area contributed by atoms with E-state index >= 15 is 0 Å². The molecule has 1 aliphatic heterocycles. The minimum atomic E-state index is -3.42. The summed E-state index contributed by atoms with van der Waals surface area (Å²) in [6.45, 7) is 6.23. The van der Waals surface area contributed by atoms with Gasteiger partial charge in [-0.05, 0) is 19.5 Å². The highest BCUT2D eigenvalue weighted by molar-refractivity contribution is 7.92. The second kappa shape index (κ2) is 6.29. The molecule has 1 saturated heterocycles. The number of nitrogens with zero attached hydrogens (tertiary/aromatic N) is 3. The van der Waals surface area contributed by atoms with Gasteiger partial charge in [0.05, 0.1) is 4.92 Å². The minimum absolute atomic E-state index is 0.0563. The lowest BCUT2D eigenvalue weighted by Crippen LogP contribution is -2.30. The van der Waals surface area contributed by atoms with Crippen molar-refractivity contribution >= 4 is 31.9 Å². The average molecular weight is 333 g/mol. The van der Waals surface area contributed by atoms with Gasteiger partial charge in [-0.1, -0.05) is 18.3 Å². The fourth-order valence-electron chi connectivity index (χ4n) is 2.38. The summed E-state index contributed by atoms with van der Waals surface area (Å²) in [5.41, 5.74) is -0.106. The third kappa shape index (κ3) is 3.72. The van der Waals surface area contributed by atoms with E-state index in [-0.39, 0.29) is 9.90 Å². The Morgan fingerprint density at radius 1 is 1.33 bits per heavy atom. The Morgan fingerprint density at radius 2 is 2.05 bits per heavy atom. The molecule has 1 aromatic heterocycles. The lowest BCUT2D eigenvalue weighted by atomic mass is 10.4. The van der Waals surface area contributed by atoms with Crippen LogP contribution in [0.5, 0.6) is 0 Å². The smallest absolute Gasteiger partial charge is 0.305 e. The molecule has 0 amide bonds. The molecule has 21 heavy (non-hydrogen) atoms. The van der Waals surface area contributed by atoms with E-state index in [1.807, 2.05) is 4.90 Å². The van der Waals surface area contributed by atoms with E-state index in [0.29, 0.717) is 18.1 Å². The van der Waals surface area contributed by atoms with Gasteiger partial charge in [-0.3, -0.25) is 10.1 Å². The van der Waals surface area contributed by atoms with Gasteiger partial charge in [-0.25, -0.2) is 8.42 Å². The number of hydrogen-bond acceptors (Lipinski definition) is 7. The molecule has 0 radical (unpaired) electrons. The third-order valence-corrected chi connectivity index (χ3v) is 6.54. The van der Waals surface area contributed by atoms with E-state index in [2.05, 4.69) is 11.8 Å². The second-order valence-corrected chi connectivity index (χ2v) is 8.33. The molecule has 1 fully saturated rings. The van der Waals surface area contributed by atoms with Gasteiger partial charge in [0.25, 0.3) is 0 Å². The Balaban J connectivity index is 2.34. The normalized spacial score (nSPS) is 17.7. The number of nitro groups is 1. The minimum Gasteiger partial charge on any atom is -0.356 e. The van der Waals surface area contributed by atoms with Gasteiger partial charge < -0.3 is 9.80 Å². The first-order chi connectivity index (χ1) is 9.82. The van der Waals surface area contributed by atoms with E-state index < -0.39 is 14.8 Å². The molecule has 0 N–H and O–H groups in total. The third-order valence-electron chi connectivity index (χ3n) is 3.56. The van der Waals surface area contributed by atoms with Gasteiger partial charge in [-0.15, -0.1) is 0 Å². The number of sulfone groups is 1. The summed E-state index contributed by atoms with van der Waals surface area (Å²) in [6, 6.07) is 1.18. The summed E-state index contributed by atoms with van der Waals surface area (Å²) < 4.78 is 23.3. The number of likely N-dealkylation sites (N-methyl/N-ethyl adjacent to an activating group) is 1. The van der Waals surface area contributed by atoms with Gasteiger partial charge in [0, 0.05) is 32.0 Å². The zero-order valence-corrected chi connectivity index (χ0v) is 13.7. The maximum Gasteiger partial charge on any atom is 0.305 e. The molecule has 0 bridgehead atoms. The van der Waals surface area contributed by atoms with Crippen LogP contribution in [0.2, 0.25) is 0 Å². The van der Waals surface area contributed by atoms with Crippen LogP contribution in [0.25, 0.3) is 0 Å². The lowest BCUT2D eigenvalue weighted by Gasteiger charge is -2.20. The summed E-state index contributed by atoms with van der Waals surface area (Å²) in [5.74, 6) is 0. The van der Waals surface area contributed by atoms with Crippen LogP contribution in [0.3, 0.4) is 0 Å². The number of hydrogen-bond donors (Lipinski definition) is 0. The van der Waals surface area contributed by atoms with Gasteiger partial charge in [0.1, 0.15) is 4.21 Å². The van der Waals surface area contributed by atoms with Crippen LogP contribution in [0.1, 0.15) is 13.3 Å². The monoisotopic (exact) mass is 333 g/mol. The predicted octanol–water partition coefficient (Wildman–Crippen LogP) is 1.59. The van der Waals surface area contributed by atoms with E-state index in [4.69, 9.17) is 0 Å². The second-order valence-electron chi connectivity index (χ2n) is 5.06. The van der Waals surface area contributed by atoms with Gasteiger partial charge in [0.2, 0.25) is 0 Å². The number of anilines is 1. The van der Waals surface area contributed by atoms with Crippen LogP contribution in [-0.2, 0) is 9.84 Å². The Labute approximate surface area is 128 Å². The Kier molecular flexibility index (Phi) is 4.84. The van der Waals surface area contributed by atoms with Gasteiger partial charge in [-0.2, -0.15) is 0 Å². The van der Waals surface area contributed by atoms with E-state index in [1.54, 1.807) is 0 Å². The van der Waals surface area contributed by atoms with Crippen LogP contribution in [0.4, 0.5) is 10.7 Å². The van der Waals surface area contributed by atoms with Crippen molar-refractivity contribution in [2.75, 3.05) is 43.9 Å². The molecule has 7 nitrogen and oxygen atoms in total. The highest BCUT2D eigenvalue weighted by Crippen LogP contribution is 2.40. The van der Waals surface area contributed by atoms with E-state index in [1.165, 1.54) is 6.07 Å². The van der Waals surface area contributed by atoms with Crippen molar-refractivity contribution in [3.63, 3.8) is 0 Å². The summed E-state index contributed by atoms with van der Waals surface area (Å²) in [6.07, 6.45) is 1.99. The van der Waals surface area contributed by atoms with Gasteiger partial charge >= 0.3 is 5.69 Å². The first-order valence-electron chi connectivity index (χ1n) is 6.78. The van der Waals surface area contributed by atoms with Crippen LogP contribution in [0, 0.1) is 10.1 Å². The maximum atomic E-state index is 11.6. The standard InChI is InChI=1S/C12H19N3O4S2/c1-3-13-5-4-6-14(8-7-13)12-10(15(16)17)9-11(20-12)21(2,18)19/h9H,3-8H2,1-2H3. The maximum absolute atomic E-state index is 11.6. The molecule has 118 valence electrons. The molecule has 0 aromatic carbocycles. The Bertz CT molecular complexity index is 626. The summed E-state index contributed by atoms with van der Waals surface area (Å²) >= 11 is 0.997. The molecule has 1 aliphatic rings. The van der Waals surface area contributed by atoms with Crippen molar-refractivity contribution in [3.8, 4) is 0 Å². The molecule has 0 unspecified atom stereocenters. The fourth-order valence-corrected chi connectivity index (χ4v) is 4.46. The fraction of sp³-hybridized carbons (Fsp3) is 0.667. The topological polar surface area (TPSA) is 83.8 Å². The molecule has 0 saturated carbocycles. The van der Waals surface area contributed by atoms with Crippen molar-refractivity contribution in [2.45, 2.75) is 17.6 Å². The lowest BCUT2D eigenvalue weighted by molar-refractivity contribution is -0.383. The molecule has 2 rings (SSSR count). The number of thiophene rings is 1. The summed E-state index contributed by atoms with van der Waals surface area (Å²) in [5, 5.41) is 11.6. The van der Waals surface area contributed by atoms with Crippen molar-refractivity contribution in [1.82, 2.24) is 4.90 Å². The molecular weight excluding hydrogens is 314 g/mol. The van der Waals surface area contributed by atoms with Crippen molar-refractivity contribution in [2.24, 2.45) is 0 Å². The zero-order valence-electron chi connectivity index (χ0n) is 12.1.